The number of carbonyl (C=O) groups excluding carboxylic acids is 1. The van der Waals surface area contributed by atoms with E-state index in [2.05, 4.69) is 23.9 Å². The number of aliphatic imine (C=N–C) groups is 1. The van der Waals surface area contributed by atoms with Gasteiger partial charge in [0.1, 0.15) is 0 Å². The van der Waals surface area contributed by atoms with Crippen molar-refractivity contribution in [3.63, 3.8) is 0 Å². The lowest BCUT2D eigenvalue weighted by molar-refractivity contribution is -0.132. The first-order valence-corrected chi connectivity index (χ1v) is 6.88. The first kappa shape index (κ1) is 13.3. The van der Waals surface area contributed by atoms with Crippen LogP contribution in [0.2, 0.25) is 0 Å². The van der Waals surface area contributed by atoms with E-state index in [1.165, 1.54) is 0 Å². The molecule has 0 spiro atoms. The molecule has 4 nitrogen and oxygen atoms in total. The summed E-state index contributed by atoms with van der Waals surface area (Å²) in [5.41, 5.74) is 0.923. The minimum atomic E-state index is -0.0883. The van der Waals surface area contributed by atoms with Crippen LogP contribution in [0.15, 0.2) is 16.8 Å². The molecular weight excluding hydrogens is 226 g/mol. The molecule has 0 aromatic heterocycles. The summed E-state index contributed by atoms with van der Waals surface area (Å²) in [6.45, 7) is 6.16. The van der Waals surface area contributed by atoms with Gasteiger partial charge in [-0.15, -0.1) is 0 Å². The zero-order valence-corrected chi connectivity index (χ0v) is 11.6. The van der Waals surface area contributed by atoms with Crippen LogP contribution < -0.4 is 0 Å². The van der Waals surface area contributed by atoms with Gasteiger partial charge in [-0.25, -0.2) is 4.99 Å². The highest BCUT2D eigenvalue weighted by Crippen LogP contribution is 2.24. The molecule has 0 bridgehead atoms. The third-order valence-corrected chi connectivity index (χ3v) is 3.89. The molecule has 1 atom stereocenters. The van der Waals surface area contributed by atoms with E-state index in [1.54, 1.807) is 6.34 Å². The number of piperidine rings is 1. The van der Waals surface area contributed by atoms with Crippen molar-refractivity contribution in [3.8, 4) is 0 Å². The number of carbonyl (C=O) groups is 1. The first-order chi connectivity index (χ1) is 8.63. The summed E-state index contributed by atoms with van der Waals surface area (Å²) in [4.78, 5) is 21.0. The van der Waals surface area contributed by atoms with Crippen molar-refractivity contribution in [1.29, 1.82) is 0 Å². The van der Waals surface area contributed by atoms with Crippen molar-refractivity contribution < 1.29 is 4.79 Å². The van der Waals surface area contributed by atoms with Crippen molar-refractivity contribution in [2.24, 2.45) is 10.9 Å². The summed E-state index contributed by atoms with van der Waals surface area (Å²) in [5, 5.41) is 0. The number of rotatable bonds is 2. The molecule has 0 aromatic rings. The van der Waals surface area contributed by atoms with Crippen molar-refractivity contribution in [1.82, 2.24) is 9.80 Å². The van der Waals surface area contributed by atoms with Crippen LogP contribution in [0.4, 0.5) is 0 Å². The zero-order valence-electron chi connectivity index (χ0n) is 11.6. The van der Waals surface area contributed by atoms with Crippen LogP contribution in [0.25, 0.3) is 0 Å². The van der Waals surface area contributed by atoms with Gasteiger partial charge in [-0.3, -0.25) is 9.69 Å². The summed E-state index contributed by atoms with van der Waals surface area (Å²) in [5.74, 6) is 0.119. The second-order valence-electron chi connectivity index (χ2n) is 5.28. The van der Waals surface area contributed by atoms with E-state index < -0.39 is 0 Å². The van der Waals surface area contributed by atoms with Crippen molar-refractivity contribution in [3.05, 3.63) is 11.8 Å². The smallest absolute Gasteiger partial charge is 0.236 e. The molecule has 2 heterocycles. The van der Waals surface area contributed by atoms with Gasteiger partial charge in [-0.2, -0.15) is 0 Å². The summed E-state index contributed by atoms with van der Waals surface area (Å²) in [6, 6.07) is 0.336. The van der Waals surface area contributed by atoms with Crippen LogP contribution >= 0.6 is 0 Å². The van der Waals surface area contributed by atoms with E-state index in [1.807, 2.05) is 17.9 Å². The first-order valence-electron chi connectivity index (χ1n) is 6.88. The summed E-state index contributed by atoms with van der Waals surface area (Å²) in [6.07, 6.45) is 6.82. The number of allylic oxidation sites excluding steroid dienone is 1. The van der Waals surface area contributed by atoms with Crippen LogP contribution in [-0.4, -0.2) is 48.2 Å². The quantitative estimate of drug-likeness (QED) is 0.749. The lowest BCUT2D eigenvalue weighted by Crippen LogP contribution is -2.49. The van der Waals surface area contributed by atoms with Crippen molar-refractivity contribution >= 4 is 12.2 Å². The summed E-state index contributed by atoms with van der Waals surface area (Å²) in [7, 11) is 2.13. The predicted molar refractivity (Wildman–Crippen MR) is 73.4 cm³/mol. The van der Waals surface area contributed by atoms with E-state index in [4.69, 9.17) is 0 Å². The van der Waals surface area contributed by atoms with E-state index in [0.29, 0.717) is 6.04 Å². The van der Waals surface area contributed by atoms with Crippen LogP contribution in [0, 0.1) is 5.92 Å². The van der Waals surface area contributed by atoms with Crippen LogP contribution in [0.5, 0.6) is 0 Å². The van der Waals surface area contributed by atoms with Gasteiger partial charge < -0.3 is 4.90 Å². The summed E-state index contributed by atoms with van der Waals surface area (Å²) < 4.78 is 0. The molecule has 0 N–H and O–H groups in total. The third kappa shape index (κ3) is 2.64. The Kier molecular flexibility index (Phi) is 4.17. The highest BCUT2D eigenvalue weighted by atomic mass is 16.2. The average molecular weight is 249 g/mol. The normalized spacial score (nSPS) is 29.3. The monoisotopic (exact) mass is 249 g/mol. The zero-order chi connectivity index (χ0) is 13.1. The molecule has 100 valence electrons. The maximum Gasteiger partial charge on any atom is 0.236 e. The van der Waals surface area contributed by atoms with Gasteiger partial charge in [0.05, 0.1) is 18.0 Å². The fourth-order valence-electron chi connectivity index (χ4n) is 2.63. The Bertz CT molecular complexity index is 367. The number of amides is 1. The molecule has 0 aliphatic carbocycles. The SMILES string of the molecule is CC/C=C1/N=CN(C2CCN(C)CC2)C(=O)C1C. The number of hydrogen-bond donors (Lipinski definition) is 0. The molecule has 2 rings (SSSR count). The maximum atomic E-state index is 12.4. The Hall–Kier alpha value is -1.16. The molecule has 2 aliphatic heterocycles. The van der Waals surface area contributed by atoms with Gasteiger partial charge in [0.2, 0.25) is 5.91 Å². The highest BCUT2D eigenvalue weighted by molar-refractivity contribution is 5.94. The Morgan fingerprint density at radius 2 is 2.11 bits per heavy atom. The third-order valence-electron chi connectivity index (χ3n) is 3.89. The average Bonchev–Trinajstić information content (AvgIpc) is 2.37. The van der Waals surface area contributed by atoms with E-state index >= 15 is 0 Å². The number of likely N-dealkylation sites (tertiary alicyclic amines) is 1. The van der Waals surface area contributed by atoms with Gasteiger partial charge in [-0.1, -0.05) is 13.0 Å². The highest BCUT2D eigenvalue weighted by Gasteiger charge is 2.32. The molecule has 2 aliphatic rings. The van der Waals surface area contributed by atoms with Gasteiger partial charge in [0.25, 0.3) is 0 Å². The van der Waals surface area contributed by atoms with Crippen molar-refractivity contribution in [2.75, 3.05) is 20.1 Å². The number of nitrogens with zero attached hydrogens (tertiary/aromatic N) is 3. The Balaban J connectivity index is 2.09. The number of hydrogen-bond acceptors (Lipinski definition) is 3. The van der Waals surface area contributed by atoms with Crippen LogP contribution in [0.3, 0.4) is 0 Å². The van der Waals surface area contributed by atoms with Gasteiger partial charge in [-0.05, 0) is 46.3 Å². The molecule has 1 unspecified atom stereocenters. The van der Waals surface area contributed by atoms with Gasteiger partial charge in [0, 0.05) is 6.04 Å². The largest absolute Gasteiger partial charge is 0.306 e. The molecule has 1 amide bonds. The molecule has 1 fully saturated rings. The minimum Gasteiger partial charge on any atom is -0.306 e. The Morgan fingerprint density at radius 3 is 2.72 bits per heavy atom. The molecule has 1 saturated heterocycles. The molecule has 0 aromatic carbocycles. The lowest BCUT2D eigenvalue weighted by atomic mass is 9.99. The molecular formula is C14H23N3O. The van der Waals surface area contributed by atoms with E-state index in [-0.39, 0.29) is 11.8 Å². The van der Waals surface area contributed by atoms with E-state index in [0.717, 1.165) is 38.0 Å². The van der Waals surface area contributed by atoms with Gasteiger partial charge >= 0.3 is 0 Å². The lowest BCUT2D eigenvalue weighted by Gasteiger charge is -2.37. The fraction of sp³-hybridized carbons (Fsp3) is 0.714. The minimum absolute atomic E-state index is 0.0883. The summed E-state index contributed by atoms with van der Waals surface area (Å²) >= 11 is 0. The van der Waals surface area contributed by atoms with Gasteiger partial charge in [0.15, 0.2) is 0 Å². The maximum absolute atomic E-state index is 12.4. The molecule has 4 heteroatoms. The predicted octanol–water partition coefficient (Wildman–Crippen LogP) is 1.88. The Labute approximate surface area is 109 Å². The second kappa shape index (κ2) is 5.65. The van der Waals surface area contributed by atoms with Crippen LogP contribution in [0.1, 0.15) is 33.1 Å². The van der Waals surface area contributed by atoms with E-state index in [9.17, 15) is 4.79 Å². The molecule has 0 saturated carbocycles. The fourth-order valence-corrected chi connectivity index (χ4v) is 2.63. The standard InChI is InChI=1S/C14H23N3O/c1-4-5-13-11(2)14(18)17(10-15-13)12-6-8-16(3)9-7-12/h5,10-12H,4,6-9H2,1-3H3/b13-5+. The second-order valence-corrected chi connectivity index (χ2v) is 5.28. The molecule has 0 radical (unpaired) electrons. The van der Waals surface area contributed by atoms with Crippen molar-refractivity contribution in [2.45, 2.75) is 39.2 Å². The van der Waals surface area contributed by atoms with Crippen LogP contribution in [-0.2, 0) is 4.79 Å². The molecule has 18 heavy (non-hydrogen) atoms. The topological polar surface area (TPSA) is 35.9 Å². The Morgan fingerprint density at radius 1 is 1.44 bits per heavy atom.